The van der Waals surface area contributed by atoms with Gasteiger partial charge in [-0.05, 0) is 42.3 Å². The minimum absolute atomic E-state index is 0.0732. The first-order valence-electron chi connectivity index (χ1n) is 10.9. The molecule has 1 N–H and O–H groups in total. The molecule has 3 aromatic rings. The van der Waals surface area contributed by atoms with E-state index in [2.05, 4.69) is 51.6 Å². The molecule has 5 rings (SSSR count). The van der Waals surface area contributed by atoms with E-state index in [4.69, 9.17) is 9.47 Å². The van der Waals surface area contributed by atoms with E-state index in [1.807, 2.05) is 24.9 Å². The zero-order valence-corrected chi connectivity index (χ0v) is 18.0. The maximum Gasteiger partial charge on any atom is 0.220 e. The number of benzene rings is 2. The van der Waals surface area contributed by atoms with Crippen LogP contribution in [0, 0.1) is 5.92 Å². The van der Waals surface area contributed by atoms with Gasteiger partial charge in [0.1, 0.15) is 17.4 Å². The van der Waals surface area contributed by atoms with Crippen molar-refractivity contribution in [2.75, 3.05) is 37.7 Å². The Labute approximate surface area is 182 Å². The SMILES string of the molecule is C[C@@H](Oc1cc(-c2ccc(N3CCOCC3)cc2)cc2ncn(C)c12)[C@H]1CNC(=O)C1. The average Bonchev–Trinajstić information content (AvgIpc) is 3.40. The lowest BCUT2D eigenvalue weighted by atomic mass is 10.0. The summed E-state index contributed by atoms with van der Waals surface area (Å²) in [5.41, 5.74) is 5.29. The normalized spacial score (nSPS) is 20.1. The van der Waals surface area contributed by atoms with Crippen LogP contribution in [0.1, 0.15) is 13.3 Å². The van der Waals surface area contributed by atoms with Crippen molar-refractivity contribution in [3.8, 4) is 16.9 Å². The highest BCUT2D eigenvalue weighted by Gasteiger charge is 2.28. The fraction of sp³-hybridized carbons (Fsp3) is 0.417. The molecular formula is C24H28N4O3. The van der Waals surface area contributed by atoms with E-state index < -0.39 is 0 Å². The number of morpholine rings is 1. The van der Waals surface area contributed by atoms with Gasteiger partial charge >= 0.3 is 0 Å². The van der Waals surface area contributed by atoms with Crippen molar-refractivity contribution in [3.63, 3.8) is 0 Å². The van der Waals surface area contributed by atoms with Crippen LogP contribution in [0.15, 0.2) is 42.7 Å². The van der Waals surface area contributed by atoms with Crippen LogP contribution in [0.25, 0.3) is 22.2 Å². The molecule has 2 fully saturated rings. The van der Waals surface area contributed by atoms with Gasteiger partial charge in [-0.3, -0.25) is 4.79 Å². The second-order valence-electron chi connectivity index (χ2n) is 8.44. The quantitative estimate of drug-likeness (QED) is 0.687. The molecule has 2 aromatic carbocycles. The zero-order valence-electron chi connectivity index (χ0n) is 18.0. The molecule has 0 radical (unpaired) electrons. The van der Waals surface area contributed by atoms with Gasteiger partial charge in [0.25, 0.3) is 0 Å². The highest BCUT2D eigenvalue weighted by Crippen LogP contribution is 2.34. The zero-order chi connectivity index (χ0) is 21.4. The van der Waals surface area contributed by atoms with Gasteiger partial charge in [-0.25, -0.2) is 4.98 Å². The minimum Gasteiger partial charge on any atom is -0.488 e. The first-order valence-corrected chi connectivity index (χ1v) is 10.9. The fourth-order valence-corrected chi connectivity index (χ4v) is 4.45. The van der Waals surface area contributed by atoms with Crippen molar-refractivity contribution >= 4 is 22.6 Å². The molecule has 0 unspecified atom stereocenters. The molecule has 2 atom stereocenters. The van der Waals surface area contributed by atoms with Crippen molar-refractivity contribution in [1.29, 1.82) is 0 Å². The van der Waals surface area contributed by atoms with Crippen LogP contribution in [0.5, 0.6) is 5.75 Å². The molecule has 2 aliphatic heterocycles. The Morgan fingerprint density at radius 1 is 1.16 bits per heavy atom. The maximum atomic E-state index is 11.6. The molecule has 31 heavy (non-hydrogen) atoms. The van der Waals surface area contributed by atoms with Crippen molar-refractivity contribution < 1.29 is 14.3 Å². The third-order valence-corrected chi connectivity index (χ3v) is 6.34. The number of carbonyl (C=O) groups excluding carboxylic acids is 1. The summed E-state index contributed by atoms with van der Waals surface area (Å²) in [7, 11) is 1.98. The number of hydrogen-bond acceptors (Lipinski definition) is 5. The molecule has 7 nitrogen and oxygen atoms in total. The standard InChI is InChI=1S/C24H28N4O3/c1-16(19-13-23(29)25-14-19)31-22-12-18(11-21-24(22)27(2)15-26-21)17-3-5-20(6-4-17)28-7-9-30-10-8-28/h3-6,11-12,15-16,19H,7-10,13-14H2,1-2H3,(H,25,29)/t16-,19-/m1/s1. The Balaban J connectivity index is 1.44. The van der Waals surface area contributed by atoms with Crippen molar-refractivity contribution in [2.45, 2.75) is 19.4 Å². The third-order valence-electron chi connectivity index (χ3n) is 6.34. The summed E-state index contributed by atoms with van der Waals surface area (Å²) < 4.78 is 13.8. The van der Waals surface area contributed by atoms with Gasteiger partial charge in [0, 0.05) is 44.7 Å². The van der Waals surface area contributed by atoms with Gasteiger partial charge in [-0.2, -0.15) is 0 Å². The Morgan fingerprint density at radius 3 is 2.65 bits per heavy atom. The Morgan fingerprint density at radius 2 is 1.94 bits per heavy atom. The third kappa shape index (κ3) is 3.97. The molecule has 0 spiro atoms. The number of imidazole rings is 1. The summed E-state index contributed by atoms with van der Waals surface area (Å²) in [6, 6.07) is 12.8. The van der Waals surface area contributed by atoms with Gasteiger partial charge in [-0.15, -0.1) is 0 Å². The number of nitrogens with zero attached hydrogens (tertiary/aromatic N) is 3. The molecule has 0 saturated carbocycles. The molecule has 0 bridgehead atoms. The number of rotatable bonds is 5. The number of ether oxygens (including phenoxy) is 2. The number of aromatic nitrogens is 2. The van der Waals surface area contributed by atoms with E-state index in [9.17, 15) is 4.79 Å². The first kappa shape index (κ1) is 19.9. The van der Waals surface area contributed by atoms with Gasteiger partial charge in [0.2, 0.25) is 5.91 Å². The summed E-state index contributed by atoms with van der Waals surface area (Å²) in [6.07, 6.45) is 2.25. The van der Waals surface area contributed by atoms with Crippen molar-refractivity contribution in [3.05, 3.63) is 42.7 Å². The van der Waals surface area contributed by atoms with Crippen LogP contribution in [0.4, 0.5) is 5.69 Å². The number of amides is 1. The van der Waals surface area contributed by atoms with E-state index >= 15 is 0 Å². The van der Waals surface area contributed by atoms with E-state index in [1.165, 1.54) is 5.69 Å². The number of hydrogen-bond donors (Lipinski definition) is 1. The lowest BCUT2D eigenvalue weighted by Crippen LogP contribution is -2.36. The number of anilines is 1. The van der Waals surface area contributed by atoms with Gasteiger partial charge in [0.15, 0.2) is 0 Å². The van der Waals surface area contributed by atoms with E-state index in [0.29, 0.717) is 13.0 Å². The molecule has 1 aromatic heterocycles. The number of nitrogens with one attached hydrogen (secondary N) is 1. The Bertz CT molecular complexity index is 1090. The number of carbonyl (C=O) groups is 1. The lowest BCUT2D eigenvalue weighted by molar-refractivity contribution is -0.119. The van der Waals surface area contributed by atoms with Crippen molar-refractivity contribution in [1.82, 2.24) is 14.9 Å². The second kappa shape index (κ2) is 8.23. The van der Waals surface area contributed by atoms with Gasteiger partial charge < -0.3 is 24.3 Å². The predicted octanol–water partition coefficient (Wildman–Crippen LogP) is 2.98. The molecule has 3 heterocycles. The van der Waals surface area contributed by atoms with E-state index in [1.54, 1.807) is 0 Å². The lowest BCUT2D eigenvalue weighted by Gasteiger charge is -2.29. The second-order valence-corrected chi connectivity index (χ2v) is 8.44. The average molecular weight is 421 g/mol. The first-order chi connectivity index (χ1) is 15.1. The van der Waals surface area contributed by atoms with E-state index in [0.717, 1.165) is 54.2 Å². The highest BCUT2D eigenvalue weighted by atomic mass is 16.5. The van der Waals surface area contributed by atoms with Crippen LogP contribution in [0.2, 0.25) is 0 Å². The molecule has 2 saturated heterocycles. The highest BCUT2D eigenvalue weighted by molar-refractivity contribution is 5.88. The van der Waals surface area contributed by atoms with Gasteiger partial charge in [0.05, 0.1) is 25.1 Å². The van der Waals surface area contributed by atoms with Crippen LogP contribution < -0.4 is 15.0 Å². The van der Waals surface area contributed by atoms with E-state index in [-0.39, 0.29) is 17.9 Å². The smallest absolute Gasteiger partial charge is 0.220 e. The molecule has 162 valence electrons. The number of aryl methyl sites for hydroxylation is 1. The van der Waals surface area contributed by atoms with Crippen molar-refractivity contribution in [2.24, 2.45) is 13.0 Å². The summed E-state index contributed by atoms with van der Waals surface area (Å²) in [5, 5.41) is 2.90. The Hall–Kier alpha value is -3.06. The molecule has 2 aliphatic rings. The molecule has 7 heteroatoms. The largest absolute Gasteiger partial charge is 0.488 e. The van der Waals surface area contributed by atoms with Gasteiger partial charge in [-0.1, -0.05) is 12.1 Å². The van der Waals surface area contributed by atoms with Crippen LogP contribution >= 0.6 is 0 Å². The number of fused-ring (bicyclic) bond motifs is 1. The summed E-state index contributed by atoms with van der Waals surface area (Å²) in [5.74, 6) is 1.07. The summed E-state index contributed by atoms with van der Waals surface area (Å²) in [6.45, 7) is 6.10. The maximum absolute atomic E-state index is 11.6. The monoisotopic (exact) mass is 420 g/mol. The minimum atomic E-state index is -0.0732. The van der Waals surface area contributed by atoms with Crippen LogP contribution in [0.3, 0.4) is 0 Å². The fourth-order valence-electron chi connectivity index (χ4n) is 4.45. The molecule has 1 amide bonds. The molecular weight excluding hydrogens is 392 g/mol. The predicted molar refractivity (Wildman–Crippen MR) is 120 cm³/mol. The topological polar surface area (TPSA) is 68.6 Å². The van der Waals surface area contributed by atoms with Crippen LogP contribution in [-0.4, -0.2) is 54.4 Å². The van der Waals surface area contributed by atoms with Crippen LogP contribution in [-0.2, 0) is 16.6 Å². The summed E-state index contributed by atoms with van der Waals surface area (Å²) >= 11 is 0. The summed E-state index contributed by atoms with van der Waals surface area (Å²) in [4.78, 5) is 18.5. The molecule has 0 aliphatic carbocycles. The Kier molecular flexibility index (Phi) is 5.28.